The highest BCUT2D eigenvalue weighted by Gasteiger charge is 2.28. The lowest BCUT2D eigenvalue weighted by Gasteiger charge is -2.40. The van der Waals surface area contributed by atoms with Crippen molar-refractivity contribution >= 4 is 11.7 Å². The van der Waals surface area contributed by atoms with Crippen LogP contribution in [0.4, 0.5) is 5.69 Å². The Morgan fingerprint density at radius 2 is 2.00 bits per heavy atom. The average Bonchev–Trinajstić information content (AvgIpc) is 2.40. The zero-order valence-electron chi connectivity index (χ0n) is 12.1. The second-order valence-corrected chi connectivity index (χ2v) is 5.96. The van der Waals surface area contributed by atoms with Crippen LogP contribution in [-0.2, 0) is 0 Å². The van der Waals surface area contributed by atoms with Crippen molar-refractivity contribution in [1.82, 2.24) is 0 Å². The van der Waals surface area contributed by atoms with Gasteiger partial charge < -0.3 is 10.0 Å². The van der Waals surface area contributed by atoms with Crippen molar-refractivity contribution in [2.75, 3.05) is 18.0 Å². The van der Waals surface area contributed by atoms with Crippen molar-refractivity contribution in [3.63, 3.8) is 0 Å². The van der Waals surface area contributed by atoms with E-state index < -0.39 is 5.97 Å². The van der Waals surface area contributed by atoms with Crippen LogP contribution in [0.1, 0.15) is 49.0 Å². The van der Waals surface area contributed by atoms with Crippen LogP contribution in [0.15, 0.2) is 18.2 Å². The van der Waals surface area contributed by atoms with Gasteiger partial charge in [-0.2, -0.15) is 0 Å². The average molecular weight is 261 g/mol. The fourth-order valence-corrected chi connectivity index (χ4v) is 2.78. The van der Waals surface area contributed by atoms with E-state index >= 15 is 0 Å². The van der Waals surface area contributed by atoms with E-state index in [1.54, 1.807) is 12.1 Å². The van der Waals surface area contributed by atoms with Crippen molar-refractivity contribution < 1.29 is 9.90 Å². The van der Waals surface area contributed by atoms with Gasteiger partial charge in [-0.05, 0) is 48.9 Å². The lowest BCUT2D eigenvalue weighted by molar-refractivity contribution is 0.0697. The standard InChI is InChI=1S/C16H23NO2/c1-4-16(3)7-9-17(10-8-16)14-6-5-13(15(18)19)11-12(14)2/h5-6,11H,4,7-10H2,1-3H3,(H,18,19). The Labute approximate surface area is 115 Å². The number of aryl methyl sites for hydroxylation is 1. The van der Waals surface area contributed by atoms with Crippen molar-refractivity contribution in [1.29, 1.82) is 0 Å². The second kappa shape index (κ2) is 5.24. The minimum absolute atomic E-state index is 0.372. The van der Waals surface area contributed by atoms with Crippen LogP contribution in [-0.4, -0.2) is 24.2 Å². The summed E-state index contributed by atoms with van der Waals surface area (Å²) in [4.78, 5) is 13.3. The van der Waals surface area contributed by atoms with Gasteiger partial charge in [0, 0.05) is 18.8 Å². The molecule has 0 aromatic heterocycles. The van der Waals surface area contributed by atoms with E-state index in [1.165, 1.54) is 24.9 Å². The Bertz CT molecular complexity index is 474. The number of carboxylic acids is 1. The van der Waals surface area contributed by atoms with Crippen molar-refractivity contribution in [3.05, 3.63) is 29.3 Å². The molecule has 0 bridgehead atoms. The van der Waals surface area contributed by atoms with Crippen molar-refractivity contribution in [2.24, 2.45) is 5.41 Å². The third-order valence-electron chi connectivity index (χ3n) is 4.61. The van der Waals surface area contributed by atoms with E-state index in [0.717, 1.165) is 18.7 Å². The van der Waals surface area contributed by atoms with Crippen LogP contribution in [0, 0.1) is 12.3 Å². The molecule has 2 rings (SSSR count). The third-order valence-corrected chi connectivity index (χ3v) is 4.61. The monoisotopic (exact) mass is 261 g/mol. The van der Waals surface area contributed by atoms with E-state index in [4.69, 9.17) is 5.11 Å². The first-order chi connectivity index (χ1) is 8.95. The van der Waals surface area contributed by atoms with Gasteiger partial charge in [-0.3, -0.25) is 0 Å². The summed E-state index contributed by atoms with van der Waals surface area (Å²) in [6.45, 7) is 8.76. The van der Waals surface area contributed by atoms with Gasteiger partial charge in [-0.25, -0.2) is 4.79 Å². The Kier molecular flexibility index (Phi) is 3.83. The molecule has 104 valence electrons. The predicted molar refractivity (Wildman–Crippen MR) is 78.0 cm³/mol. The molecule has 0 saturated carbocycles. The maximum Gasteiger partial charge on any atom is 0.335 e. The molecule has 0 unspecified atom stereocenters. The number of piperidine rings is 1. The van der Waals surface area contributed by atoms with Crippen LogP contribution in [0.3, 0.4) is 0 Å². The molecular weight excluding hydrogens is 238 g/mol. The molecular formula is C16H23NO2. The highest BCUT2D eigenvalue weighted by atomic mass is 16.4. The number of aromatic carboxylic acids is 1. The molecule has 1 aliphatic rings. The Morgan fingerprint density at radius 3 is 2.47 bits per heavy atom. The number of benzene rings is 1. The molecule has 0 radical (unpaired) electrons. The number of carboxylic acid groups (broad SMARTS) is 1. The fourth-order valence-electron chi connectivity index (χ4n) is 2.78. The SMILES string of the molecule is CCC1(C)CCN(c2ccc(C(=O)O)cc2C)CC1. The van der Waals surface area contributed by atoms with E-state index in [-0.39, 0.29) is 0 Å². The van der Waals surface area contributed by atoms with Crippen LogP contribution >= 0.6 is 0 Å². The Balaban J connectivity index is 2.14. The molecule has 0 aliphatic carbocycles. The van der Waals surface area contributed by atoms with Crippen LogP contribution in [0.25, 0.3) is 0 Å². The minimum atomic E-state index is -0.855. The number of nitrogens with zero attached hydrogens (tertiary/aromatic N) is 1. The van der Waals surface area contributed by atoms with Gasteiger partial charge in [0.15, 0.2) is 0 Å². The minimum Gasteiger partial charge on any atom is -0.478 e. The summed E-state index contributed by atoms with van der Waals surface area (Å²) in [6, 6.07) is 5.43. The second-order valence-electron chi connectivity index (χ2n) is 5.96. The van der Waals surface area contributed by atoms with Crippen molar-refractivity contribution in [3.8, 4) is 0 Å². The highest BCUT2D eigenvalue weighted by Crippen LogP contribution is 2.36. The molecule has 1 N–H and O–H groups in total. The first-order valence-electron chi connectivity index (χ1n) is 7.04. The normalized spacial score (nSPS) is 18.4. The number of hydrogen-bond acceptors (Lipinski definition) is 2. The smallest absolute Gasteiger partial charge is 0.335 e. The summed E-state index contributed by atoms with van der Waals surface area (Å²) >= 11 is 0. The number of hydrogen-bond donors (Lipinski definition) is 1. The third kappa shape index (κ3) is 2.91. The van der Waals surface area contributed by atoms with E-state index in [1.807, 2.05) is 13.0 Å². The molecule has 19 heavy (non-hydrogen) atoms. The first-order valence-corrected chi connectivity index (χ1v) is 7.04. The van der Waals surface area contributed by atoms with Crippen LogP contribution < -0.4 is 4.90 Å². The molecule has 1 aromatic carbocycles. The van der Waals surface area contributed by atoms with Gasteiger partial charge in [0.1, 0.15) is 0 Å². The van der Waals surface area contributed by atoms with Gasteiger partial charge >= 0.3 is 5.97 Å². The molecule has 3 heteroatoms. The highest BCUT2D eigenvalue weighted by molar-refractivity contribution is 5.88. The number of carbonyl (C=O) groups is 1. The summed E-state index contributed by atoms with van der Waals surface area (Å²) in [5.41, 5.74) is 3.09. The summed E-state index contributed by atoms with van der Waals surface area (Å²) in [6.07, 6.45) is 3.66. The maximum atomic E-state index is 11.0. The summed E-state index contributed by atoms with van der Waals surface area (Å²) < 4.78 is 0. The van der Waals surface area contributed by atoms with Gasteiger partial charge in [-0.15, -0.1) is 0 Å². The molecule has 1 saturated heterocycles. The summed E-state index contributed by atoms with van der Waals surface area (Å²) in [5, 5.41) is 9.00. The maximum absolute atomic E-state index is 11.0. The summed E-state index contributed by atoms with van der Waals surface area (Å²) in [5.74, 6) is -0.855. The lowest BCUT2D eigenvalue weighted by Crippen LogP contribution is -2.38. The Morgan fingerprint density at radius 1 is 1.37 bits per heavy atom. The zero-order valence-corrected chi connectivity index (χ0v) is 12.1. The van der Waals surface area contributed by atoms with E-state index in [0.29, 0.717) is 11.0 Å². The molecule has 0 atom stereocenters. The first kappa shape index (κ1) is 13.9. The number of rotatable bonds is 3. The molecule has 0 amide bonds. The van der Waals surface area contributed by atoms with Gasteiger partial charge in [0.05, 0.1) is 5.56 Å². The molecule has 1 fully saturated rings. The quantitative estimate of drug-likeness (QED) is 0.901. The topological polar surface area (TPSA) is 40.5 Å². The molecule has 3 nitrogen and oxygen atoms in total. The fraction of sp³-hybridized carbons (Fsp3) is 0.562. The van der Waals surface area contributed by atoms with Crippen LogP contribution in [0.2, 0.25) is 0 Å². The zero-order chi connectivity index (χ0) is 14.0. The summed E-state index contributed by atoms with van der Waals surface area (Å²) in [7, 11) is 0. The largest absolute Gasteiger partial charge is 0.478 e. The molecule has 1 aliphatic heterocycles. The van der Waals surface area contributed by atoms with Gasteiger partial charge in [0.2, 0.25) is 0 Å². The van der Waals surface area contributed by atoms with Crippen LogP contribution in [0.5, 0.6) is 0 Å². The van der Waals surface area contributed by atoms with E-state index in [9.17, 15) is 4.79 Å². The predicted octanol–water partition coefficient (Wildman–Crippen LogP) is 3.71. The Hall–Kier alpha value is -1.51. The number of anilines is 1. The molecule has 0 spiro atoms. The molecule has 1 aromatic rings. The van der Waals surface area contributed by atoms with Crippen molar-refractivity contribution in [2.45, 2.75) is 40.0 Å². The van der Waals surface area contributed by atoms with E-state index in [2.05, 4.69) is 18.7 Å². The van der Waals surface area contributed by atoms with Gasteiger partial charge in [0.25, 0.3) is 0 Å². The molecule has 1 heterocycles. The lowest BCUT2D eigenvalue weighted by atomic mass is 9.78. The van der Waals surface area contributed by atoms with Gasteiger partial charge in [-0.1, -0.05) is 20.3 Å².